The lowest BCUT2D eigenvalue weighted by atomic mass is 9.72. The van der Waals surface area contributed by atoms with Gasteiger partial charge in [0.2, 0.25) is 0 Å². The van der Waals surface area contributed by atoms with Crippen LogP contribution >= 0.6 is 0 Å². The molecule has 0 radical (unpaired) electrons. The van der Waals surface area contributed by atoms with Crippen molar-refractivity contribution in [2.75, 3.05) is 0 Å². The van der Waals surface area contributed by atoms with E-state index in [-0.39, 0.29) is 0 Å². The van der Waals surface area contributed by atoms with Crippen LogP contribution in [0.3, 0.4) is 0 Å². The van der Waals surface area contributed by atoms with Gasteiger partial charge in [0, 0.05) is 0 Å². The molecule has 10 heavy (non-hydrogen) atoms. The first-order valence-corrected chi connectivity index (χ1v) is 4.30. The van der Waals surface area contributed by atoms with Crippen LogP contribution in [0.1, 0.15) is 25.7 Å². The van der Waals surface area contributed by atoms with Gasteiger partial charge in [0.25, 0.3) is 0 Å². The Labute approximate surface area is 62.6 Å². The third kappa shape index (κ3) is 1.03. The van der Waals surface area contributed by atoms with E-state index < -0.39 is 0 Å². The van der Waals surface area contributed by atoms with Crippen LogP contribution in [-0.4, -0.2) is 0 Å². The van der Waals surface area contributed by atoms with Gasteiger partial charge in [-0.2, -0.15) is 0 Å². The number of hydrogen-bond acceptors (Lipinski definition) is 0. The molecule has 0 unspecified atom stereocenters. The lowest BCUT2D eigenvalue weighted by molar-refractivity contribution is 0.284. The Hall–Kier alpha value is -0.520. The Bertz CT molecular complexity index is 145. The molecule has 0 aromatic carbocycles. The molecule has 2 atom stereocenters. The highest BCUT2D eigenvalue weighted by Gasteiger charge is 2.25. The monoisotopic (exact) mass is 134 g/mol. The third-order valence-corrected chi connectivity index (χ3v) is 2.65. The van der Waals surface area contributed by atoms with Crippen molar-refractivity contribution in [3.05, 3.63) is 24.3 Å². The number of allylic oxidation sites excluding steroid dienone is 4. The van der Waals surface area contributed by atoms with Crippen molar-refractivity contribution in [1.82, 2.24) is 0 Å². The first kappa shape index (κ1) is 6.21. The molecular weight excluding hydrogens is 120 g/mol. The summed E-state index contributed by atoms with van der Waals surface area (Å²) in [5.41, 5.74) is 0. The molecule has 1 fully saturated rings. The van der Waals surface area contributed by atoms with Crippen molar-refractivity contribution in [3.8, 4) is 0 Å². The fourth-order valence-corrected chi connectivity index (χ4v) is 1.76. The Kier molecular flexibility index (Phi) is 1.62. The molecule has 2 aliphatic carbocycles. The van der Waals surface area contributed by atoms with E-state index in [0.29, 0.717) is 0 Å². The molecule has 2 aliphatic rings. The van der Waals surface area contributed by atoms with Crippen molar-refractivity contribution < 1.29 is 0 Å². The molecule has 0 aliphatic heterocycles. The van der Waals surface area contributed by atoms with Gasteiger partial charge >= 0.3 is 0 Å². The standard InChI is InChI=1S/C10H14/c1-2-4-6-10-8-7-9(10)5-3-1/h3-6,9-10H,1-2,7-8H2/b5-3-,6-4-/t9-,10+. The summed E-state index contributed by atoms with van der Waals surface area (Å²) in [6.07, 6.45) is 14.9. The molecule has 54 valence electrons. The van der Waals surface area contributed by atoms with Gasteiger partial charge in [-0.15, -0.1) is 0 Å². The van der Waals surface area contributed by atoms with Crippen LogP contribution in [0.5, 0.6) is 0 Å². The first-order valence-electron chi connectivity index (χ1n) is 4.30. The molecule has 0 heterocycles. The zero-order valence-corrected chi connectivity index (χ0v) is 6.29. The lowest BCUT2D eigenvalue weighted by Gasteiger charge is -2.32. The van der Waals surface area contributed by atoms with Gasteiger partial charge in [-0.3, -0.25) is 0 Å². The SMILES string of the molecule is C1=C\[C@@H]2CC[C@@H]2/C=C\CC/1. The Morgan fingerprint density at radius 3 is 1.70 bits per heavy atom. The zero-order valence-electron chi connectivity index (χ0n) is 6.29. The molecule has 0 N–H and O–H groups in total. The van der Waals surface area contributed by atoms with Crippen molar-refractivity contribution in [2.24, 2.45) is 11.8 Å². The smallest absolute Gasteiger partial charge is 0.0170 e. The van der Waals surface area contributed by atoms with Gasteiger partial charge < -0.3 is 0 Å². The van der Waals surface area contributed by atoms with Crippen LogP contribution in [0.25, 0.3) is 0 Å². The summed E-state index contributed by atoms with van der Waals surface area (Å²) in [5.74, 6) is 1.80. The first-order chi connectivity index (χ1) is 4.97. The van der Waals surface area contributed by atoms with Gasteiger partial charge in [-0.05, 0) is 37.5 Å². The molecule has 0 aromatic rings. The van der Waals surface area contributed by atoms with Gasteiger partial charge in [-0.25, -0.2) is 0 Å². The summed E-state index contributed by atoms with van der Waals surface area (Å²) >= 11 is 0. The van der Waals surface area contributed by atoms with Crippen LogP contribution in [0.4, 0.5) is 0 Å². The average Bonchev–Trinajstić information content (AvgIpc) is 1.89. The second-order valence-electron chi connectivity index (χ2n) is 3.34. The molecular formula is C10H14. The Balaban J connectivity index is 2.05. The van der Waals surface area contributed by atoms with Crippen molar-refractivity contribution >= 4 is 0 Å². The van der Waals surface area contributed by atoms with Crippen molar-refractivity contribution in [1.29, 1.82) is 0 Å². The quantitative estimate of drug-likeness (QED) is 0.447. The fraction of sp³-hybridized carbons (Fsp3) is 0.600. The number of fused-ring (bicyclic) bond motifs is 1. The molecule has 0 saturated heterocycles. The summed E-state index contributed by atoms with van der Waals surface area (Å²) in [7, 11) is 0. The highest BCUT2D eigenvalue weighted by atomic mass is 14.3. The molecule has 0 bridgehead atoms. The van der Waals surface area contributed by atoms with Crippen molar-refractivity contribution in [2.45, 2.75) is 25.7 Å². The van der Waals surface area contributed by atoms with Crippen LogP contribution in [0.2, 0.25) is 0 Å². The zero-order chi connectivity index (χ0) is 6.81. The van der Waals surface area contributed by atoms with Crippen LogP contribution in [-0.2, 0) is 0 Å². The van der Waals surface area contributed by atoms with E-state index in [1.165, 1.54) is 25.7 Å². The van der Waals surface area contributed by atoms with E-state index in [4.69, 9.17) is 0 Å². The summed E-state index contributed by atoms with van der Waals surface area (Å²) < 4.78 is 0. The van der Waals surface area contributed by atoms with Gasteiger partial charge in [0.1, 0.15) is 0 Å². The maximum Gasteiger partial charge on any atom is -0.0170 e. The minimum Gasteiger partial charge on any atom is -0.0879 e. The maximum atomic E-state index is 2.41. The molecule has 0 amide bonds. The predicted octanol–water partition coefficient (Wildman–Crippen LogP) is 2.92. The van der Waals surface area contributed by atoms with E-state index in [0.717, 1.165) is 11.8 Å². The van der Waals surface area contributed by atoms with Gasteiger partial charge in [0.05, 0.1) is 0 Å². The molecule has 2 rings (SSSR count). The highest BCUT2D eigenvalue weighted by Crippen LogP contribution is 2.37. The Morgan fingerprint density at radius 1 is 0.800 bits per heavy atom. The normalized spacial score (nSPS) is 44.0. The second-order valence-corrected chi connectivity index (χ2v) is 3.34. The van der Waals surface area contributed by atoms with Crippen LogP contribution < -0.4 is 0 Å². The van der Waals surface area contributed by atoms with Gasteiger partial charge in [0.15, 0.2) is 0 Å². The summed E-state index contributed by atoms with van der Waals surface area (Å²) in [6, 6.07) is 0. The maximum absolute atomic E-state index is 2.41. The summed E-state index contributed by atoms with van der Waals surface area (Å²) in [5, 5.41) is 0. The predicted molar refractivity (Wildman–Crippen MR) is 43.7 cm³/mol. The molecule has 0 spiro atoms. The summed E-state index contributed by atoms with van der Waals surface area (Å²) in [6.45, 7) is 0. The summed E-state index contributed by atoms with van der Waals surface area (Å²) in [4.78, 5) is 0. The second kappa shape index (κ2) is 2.61. The third-order valence-electron chi connectivity index (χ3n) is 2.65. The molecule has 0 nitrogen and oxygen atoms in total. The highest BCUT2D eigenvalue weighted by molar-refractivity contribution is 5.07. The molecule has 1 saturated carbocycles. The lowest BCUT2D eigenvalue weighted by Crippen LogP contribution is -2.22. The van der Waals surface area contributed by atoms with Gasteiger partial charge in [-0.1, -0.05) is 24.3 Å². The van der Waals surface area contributed by atoms with E-state index >= 15 is 0 Å². The van der Waals surface area contributed by atoms with E-state index in [1.54, 1.807) is 0 Å². The largest absolute Gasteiger partial charge is 0.0879 e. The number of hydrogen-bond donors (Lipinski definition) is 0. The van der Waals surface area contributed by atoms with E-state index in [2.05, 4.69) is 24.3 Å². The fourth-order valence-electron chi connectivity index (χ4n) is 1.76. The Morgan fingerprint density at radius 2 is 1.30 bits per heavy atom. The number of rotatable bonds is 0. The van der Waals surface area contributed by atoms with E-state index in [1.807, 2.05) is 0 Å². The van der Waals surface area contributed by atoms with Crippen LogP contribution in [0.15, 0.2) is 24.3 Å². The molecule has 0 aromatic heterocycles. The van der Waals surface area contributed by atoms with Crippen molar-refractivity contribution in [3.63, 3.8) is 0 Å². The minimum atomic E-state index is 0.900. The minimum absolute atomic E-state index is 0.900. The molecule has 0 heteroatoms. The average molecular weight is 134 g/mol. The topological polar surface area (TPSA) is 0 Å². The van der Waals surface area contributed by atoms with Crippen LogP contribution in [0, 0.1) is 11.8 Å². The van der Waals surface area contributed by atoms with E-state index in [9.17, 15) is 0 Å².